The summed E-state index contributed by atoms with van der Waals surface area (Å²) < 4.78 is 55.5. The third-order valence-corrected chi connectivity index (χ3v) is 10.3. The minimum atomic E-state index is -4.24. The van der Waals surface area contributed by atoms with Crippen molar-refractivity contribution >= 4 is 61.8 Å². The minimum Gasteiger partial charge on any atom is -0.305 e. The molecule has 0 rings (SSSR count). The van der Waals surface area contributed by atoms with Crippen molar-refractivity contribution in [3.8, 4) is 0 Å². The number of phosphoric ester groups is 1. The van der Waals surface area contributed by atoms with Gasteiger partial charge >= 0.3 is 15.4 Å². The zero-order chi connectivity index (χ0) is 25.7. The third kappa shape index (κ3) is 14.1. The van der Waals surface area contributed by atoms with Crippen molar-refractivity contribution < 1.29 is 31.7 Å². The lowest BCUT2D eigenvalue weighted by molar-refractivity contribution is 0.0665. The van der Waals surface area contributed by atoms with Crippen molar-refractivity contribution in [2.75, 3.05) is 26.4 Å². The van der Waals surface area contributed by atoms with Crippen LogP contribution in [0.25, 0.3) is 0 Å². The fourth-order valence-corrected chi connectivity index (χ4v) is 6.86. The average Bonchev–Trinajstić information content (AvgIpc) is 2.81. The lowest BCUT2D eigenvalue weighted by Crippen LogP contribution is -2.26. The molecule has 0 saturated heterocycles. The molecule has 0 aromatic rings. The summed E-state index contributed by atoms with van der Waals surface area (Å²) in [5.74, 6) is -1.71. The molecule has 0 amide bonds. The number of phosphoric acid groups is 1. The Labute approximate surface area is 219 Å². The maximum absolute atomic E-state index is 13.9. The van der Waals surface area contributed by atoms with E-state index in [1.165, 1.54) is 0 Å². The first-order chi connectivity index (χ1) is 15.4. The van der Waals surface area contributed by atoms with Crippen LogP contribution >= 0.6 is 61.8 Å². The molecule has 0 spiro atoms. The van der Waals surface area contributed by atoms with E-state index in [0.29, 0.717) is 25.7 Å². The predicted octanol–water partition coefficient (Wildman–Crippen LogP) is 8.42. The molecule has 0 aromatic heterocycles. The van der Waals surface area contributed by atoms with E-state index in [0.717, 1.165) is 0 Å². The van der Waals surface area contributed by atoms with Gasteiger partial charge in [-0.05, 0) is 31.6 Å². The van der Waals surface area contributed by atoms with Crippen LogP contribution in [0.15, 0.2) is 0 Å². The van der Waals surface area contributed by atoms with Crippen LogP contribution in [0, 0.1) is 5.92 Å². The standard InChI is InChI=1S/C20H40Cl4O7P2/c1-7-16(21)11-27-32(25,28-12-17(22)8-2)20(15(5)6)31-33(26,29-13-18(23)9-3)30-14-19(24)10-4/h15-20H,7-14H2,1-6H3/t16-,17-,18-,19-,20-/m1/s1. The normalized spacial score (nSPS) is 17.7. The van der Waals surface area contributed by atoms with Crippen molar-refractivity contribution in [3.05, 3.63) is 0 Å². The third-order valence-electron chi connectivity index (χ3n) is 4.59. The topological polar surface area (TPSA) is 80.3 Å². The van der Waals surface area contributed by atoms with Crippen LogP contribution in [0.5, 0.6) is 0 Å². The van der Waals surface area contributed by atoms with E-state index in [4.69, 9.17) is 69.0 Å². The Bertz CT molecular complexity index is 579. The lowest BCUT2D eigenvalue weighted by Gasteiger charge is -2.32. The Hall–Kier alpha value is 1.42. The van der Waals surface area contributed by atoms with Gasteiger partial charge in [-0.1, -0.05) is 41.5 Å². The van der Waals surface area contributed by atoms with Gasteiger partial charge < -0.3 is 9.05 Å². The zero-order valence-electron chi connectivity index (χ0n) is 20.4. The number of alkyl halides is 4. The molecule has 0 aliphatic carbocycles. The molecule has 0 aliphatic heterocycles. The van der Waals surface area contributed by atoms with Crippen LogP contribution in [-0.2, 0) is 31.7 Å². The number of halogens is 4. The Morgan fingerprint density at radius 1 is 0.606 bits per heavy atom. The highest BCUT2D eigenvalue weighted by Gasteiger charge is 2.46. The highest BCUT2D eigenvalue weighted by Crippen LogP contribution is 2.63. The van der Waals surface area contributed by atoms with Crippen LogP contribution in [0.4, 0.5) is 0 Å². The van der Waals surface area contributed by atoms with Gasteiger partial charge in [-0.3, -0.25) is 18.1 Å². The molecule has 0 unspecified atom stereocenters. The predicted molar refractivity (Wildman–Crippen MR) is 138 cm³/mol. The monoisotopic (exact) mass is 594 g/mol. The second-order valence-electron chi connectivity index (χ2n) is 7.93. The Morgan fingerprint density at radius 2 is 0.909 bits per heavy atom. The molecular formula is C20H40Cl4O7P2. The molecule has 0 fully saturated rings. The first-order valence-electron chi connectivity index (χ1n) is 11.4. The first-order valence-corrected chi connectivity index (χ1v) is 16.2. The molecule has 33 heavy (non-hydrogen) atoms. The zero-order valence-corrected chi connectivity index (χ0v) is 25.2. The maximum atomic E-state index is 13.9. The molecule has 0 radical (unpaired) electrons. The van der Waals surface area contributed by atoms with E-state index in [9.17, 15) is 9.13 Å². The van der Waals surface area contributed by atoms with Crippen molar-refractivity contribution in [2.45, 2.75) is 94.6 Å². The molecule has 0 bridgehead atoms. The van der Waals surface area contributed by atoms with Gasteiger partial charge in [0.1, 0.15) is 0 Å². The molecule has 200 valence electrons. The molecule has 7 nitrogen and oxygen atoms in total. The van der Waals surface area contributed by atoms with Crippen molar-refractivity contribution in [1.82, 2.24) is 0 Å². The van der Waals surface area contributed by atoms with Crippen molar-refractivity contribution in [3.63, 3.8) is 0 Å². The van der Waals surface area contributed by atoms with Crippen LogP contribution in [0.3, 0.4) is 0 Å². The first kappa shape index (κ1) is 34.4. The van der Waals surface area contributed by atoms with E-state index in [2.05, 4.69) is 0 Å². The number of rotatable bonds is 20. The summed E-state index contributed by atoms with van der Waals surface area (Å²) in [5.41, 5.74) is 0. The molecule has 0 aromatic carbocycles. The summed E-state index contributed by atoms with van der Waals surface area (Å²) in [6, 6.07) is 0. The van der Waals surface area contributed by atoms with E-state index in [-0.39, 0.29) is 26.4 Å². The van der Waals surface area contributed by atoms with Gasteiger partial charge in [0.25, 0.3) is 0 Å². The fraction of sp³-hybridized carbons (Fsp3) is 1.00. The lowest BCUT2D eigenvalue weighted by atomic mass is 10.2. The van der Waals surface area contributed by atoms with Crippen LogP contribution in [0.2, 0.25) is 0 Å². The van der Waals surface area contributed by atoms with E-state index < -0.39 is 48.7 Å². The second-order valence-corrected chi connectivity index (χ2v) is 14.1. The van der Waals surface area contributed by atoms with Gasteiger partial charge in [-0.15, -0.1) is 46.4 Å². The van der Waals surface area contributed by atoms with E-state index >= 15 is 0 Å². The quantitative estimate of drug-likeness (QED) is 0.103. The van der Waals surface area contributed by atoms with Gasteiger partial charge in [0.05, 0.1) is 47.9 Å². The molecule has 0 aliphatic rings. The van der Waals surface area contributed by atoms with Crippen LogP contribution < -0.4 is 0 Å². The second kappa shape index (κ2) is 17.8. The SMILES string of the molecule is CC[C@@H](Cl)COP(=O)(OC[C@H](Cl)CC)O[C@@H](C(C)C)P(=O)(OC[C@H](Cl)CC)OC[C@H](Cl)CC. The smallest absolute Gasteiger partial charge is 0.305 e. The summed E-state index contributed by atoms with van der Waals surface area (Å²) in [7, 11) is -8.25. The Kier molecular flexibility index (Phi) is 18.6. The molecule has 0 heterocycles. The minimum absolute atomic E-state index is 0.0494. The summed E-state index contributed by atoms with van der Waals surface area (Å²) in [5, 5.41) is -1.61. The fourth-order valence-electron chi connectivity index (χ4n) is 2.14. The molecule has 0 N–H and O–H groups in total. The molecule has 0 saturated carbocycles. The summed E-state index contributed by atoms with van der Waals surface area (Å²) in [6.45, 7) is 10.6. The largest absolute Gasteiger partial charge is 0.475 e. The average molecular weight is 596 g/mol. The van der Waals surface area contributed by atoms with Crippen LogP contribution in [0.1, 0.15) is 67.2 Å². The Morgan fingerprint density at radius 3 is 1.18 bits per heavy atom. The van der Waals surface area contributed by atoms with Gasteiger partial charge in [0.15, 0.2) is 5.85 Å². The highest BCUT2D eigenvalue weighted by atomic mass is 35.5. The molecule has 5 atom stereocenters. The summed E-state index contributed by atoms with van der Waals surface area (Å²) in [6.07, 6.45) is 2.34. The van der Waals surface area contributed by atoms with Crippen molar-refractivity contribution in [1.29, 1.82) is 0 Å². The molecular weight excluding hydrogens is 556 g/mol. The van der Waals surface area contributed by atoms with Crippen LogP contribution in [-0.4, -0.2) is 53.8 Å². The summed E-state index contributed by atoms with van der Waals surface area (Å²) >= 11 is 24.6. The van der Waals surface area contributed by atoms with Gasteiger partial charge in [-0.2, -0.15) is 0 Å². The maximum Gasteiger partial charge on any atom is 0.475 e. The van der Waals surface area contributed by atoms with Gasteiger partial charge in [0.2, 0.25) is 0 Å². The molecule has 13 heteroatoms. The summed E-state index contributed by atoms with van der Waals surface area (Å²) in [4.78, 5) is 0. The Balaban J connectivity index is 5.91. The van der Waals surface area contributed by atoms with Gasteiger partial charge in [-0.25, -0.2) is 4.57 Å². The number of hydrogen-bond donors (Lipinski definition) is 0. The van der Waals surface area contributed by atoms with E-state index in [1.54, 1.807) is 13.8 Å². The highest BCUT2D eigenvalue weighted by molar-refractivity contribution is 7.56. The number of hydrogen-bond acceptors (Lipinski definition) is 7. The van der Waals surface area contributed by atoms with Gasteiger partial charge in [0, 0.05) is 0 Å². The van der Waals surface area contributed by atoms with E-state index in [1.807, 2.05) is 27.7 Å². The van der Waals surface area contributed by atoms with Crippen molar-refractivity contribution in [2.24, 2.45) is 5.92 Å².